The van der Waals surface area contributed by atoms with Gasteiger partial charge in [-0.15, -0.1) is 0 Å². The largest absolute Gasteiger partial charge is 0.492 e. The summed E-state index contributed by atoms with van der Waals surface area (Å²) in [7, 11) is 0. The molecule has 0 atom stereocenters. The number of amides is 1. The number of nitrogens with one attached hydrogen (secondary N) is 2. The zero-order valence-corrected chi connectivity index (χ0v) is 14.5. The van der Waals surface area contributed by atoms with E-state index in [1.807, 2.05) is 6.92 Å². The third-order valence-electron chi connectivity index (χ3n) is 3.68. The maximum atomic E-state index is 12.3. The van der Waals surface area contributed by atoms with Gasteiger partial charge in [0.25, 0.3) is 11.5 Å². The molecule has 0 aliphatic rings. The van der Waals surface area contributed by atoms with E-state index in [0.717, 1.165) is 0 Å². The minimum atomic E-state index is -0.810. The van der Waals surface area contributed by atoms with Crippen LogP contribution in [0.4, 0.5) is 5.69 Å². The normalized spacial score (nSPS) is 10.4. The molecule has 0 unspecified atom stereocenters. The number of hydrogen-bond acceptors (Lipinski definition) is 6. The van der Waals surface area contributed by atoms with Gasteiger partial charge in [-0.3, -0.25) is 9.59 Å². The van der Waals surface area contributed by atoms with E-state index in [2.05, 4.69) is 15.5 Å². The quantitative estimate of drug-likeness (QED) is 0.646. The highest BCUT2D eigenvalue weighted by molar-refractivity contribution is 6.03. The monoisotopic (exact) mass is 367 g/mol. The molecule has 1 amide bonds. The Balaban J connectivity index is 1.69. The molecule has 0 bridgehead atoms. The second-order valence-corrected chi connectivity index (χ2v) is 5.50. The number of fused-ring (bicyclic) bond motifs is 1. The van der Waals surface area contributed by atoms with Gasteiger partial charge in [-0.25, -0.2) is 9.89 Å². The Kier molecular flexibility index (Phi) is 5.46. The van der Waals surface area contributed by atoms with Crippen LogP contribution in [0.3, 0.4) is 0 Å². The van der Waals surface area contributed by atoms with Crippen LogP contribution in [0.15, 0.2) is 53.3 Å². The summed E-state index contributed by atoms with van der Waals surface area (Å²) in [5, 5.41) is 9.29. The Hall–Kier alpha value is -3.68. The summed E-state index contributed by atoms with van der Waals surface area (Å²) in [6.45, 7) is 1.78. The van der Waals surface area contributed by atoms with Crippen LogP contribution in [0.2, 0.25) is 0 Å². The van der Waals surface area contributed by atoms with Crippen LogP contribution < -0.4 is 15.6 Å². The number of rotatable bonds is 6. The van der Waals surface area contributed by atoms with Gasteiger partial charge in [-0.05, 0) is 25.1 Å². The standard InChI is InChI=1S/C19H17N3O5/c1-2-26-15-10-6-5-9-14(15)20-16(23)11-27-19(25)17-12-7-3-4-8-13(12)18(24)22-21-17/h3-10H,2,11H2,1H3,(H,20,23)(H,22,24). The predicted octanol–water partition coefficient (Wildman–Crippen LogP) is 2.12. The Morgan fingerprint density at radius 2 is 1.78 bits per heavy atom. The van der Waals surface area contributed by atoms with Gasteiger partial charge in [0, 0.05) is 5.39 Å². The fourth-order valence-electron chi connectivity index (χ4n) is 2.51. The molecule has 1 aromatic heterocycles. The highest BCUT2D eigenvalue weighted by atomic mass is 16.5. The van der Waals surface area contributed by atoms with Crippen molar-refractivity contribution in [1.82, 2.24) is 10.2 Å². The fraction of sp³-hybridized carbons (Fsp3) is 0.158. The van der Waals surface area contributed by atoms with Gasteiger partial charge in [0.15, 0.2) is 12.3 Å². The van der Waals surface area contributed by atoms with E-state index >= 15 is 0 Å². The van der Waals surface area contributed by atoms with Gasteiger partial charge >= 0.3 is 5.97 Å². The molecule has 3 aromatic rings. The topological polar surface area (TPSA) is 110 Å². The molecule has 0 aliphatic heterocycles. The number of para-hydroxylation sites is 2. The average molecular weight is 367 g/mol. The Morgan fingerprint density at radius 1 is 1.07 bits per heavy atom. The number of aromatic nitrogens is 2. The molecule has 8 nitrogen and oxygen atoms in total. The lowest BCUT2D eigenvalue weighted by atomic mass is 10.1. The van der Waals surface area contributed by atoms with Crippen molar-refractivity contribution in [3.63, 3.8) is 0 Å². The van der Waals surface area contributed by atoms with Crippen molar-refractivity contribution in [1.29, 1.82) is 0 Å². The predicted molar refractivity (Wildman–Crippen MR) is 98.9 cm³/mol. The van der Waals surface area contributed by atoms with Gasteiger partial charge in [0.1, 0.15) is 5.75 Å². The summed E-state index contributed by atoms with van der Waals surface area (Å²) in [5.41, 5.74) is 0.00755. The van der Waals surface area contributed by atoms with Gasteiger partial charge in [0.05, 0.1) is 17.7 Å². The number of nitrogens with zero attached hydrogens (tertiary/aromatic N) is 1. The van der Waals surface area contributed by atoms with E-state index < -0.39 is 24.0 Å². The van der Waals surface area contributed by atoms with Crippen LogP contribution in [0.5, 0.6) is 5.75 Å². The second kappa shape index (κ2) is 8.13. The first-order valence-corrected chi connectivity index (χ1v) is 8.26. The van der Waals surface area contributed by atoms with Gasteiger partial charge in [-0.1, -0.05) is 30.3 Å². The van der Waals surface area contributed by atoms with Crippen molar-refractivity contribution in [2.45, 2.75) is 6.92 Å². The summed E-state index contributed by atoms with van der Waals surface area (Å²) in [5.74, 6) is -0.812. The van der Waals surface area contributed by atoms with Crippen molar-refractivity contribution in [3.8, 4) is 5.75 Å². The number of carbonyl (C=O) groups is 2. The third-order valence-corrected chi connectivity index (χ3v) is 3.68. The first kappa shape index (κ1) is 18.1. The Morgan fingerprint density at radius 3 is 2.56 bits per heavy atom. The molecule has 138 valence electrons. The molecule has 1 heterocycles. The maximum absolute atomic E-state index is 12.3. The van der Waals surface area contributed by atoms with E-state index in [-0.39, 0.29) is 5.69 Å². The number of esters is 1. The summed E-state index contributed by atoms with van der Waals surface area (Å²) in [6.07, 6.45) is 0. The number of carbonyl (C=O) groups excluding carboxylic acids is 2. The van der Waals surface area contributed by atoms with Crippen molar-refractivity contribution in [3.05, 3.63) is 64.6 Å². The molecule has 0 fully saturated rings. The molecule has 8 heteroatoms. The van der Waals surface area contributed by atoms with Crippen LogP contribution in [0.1, 0.15) is 17.4 Å². The lowest BCUT2D eigenvalue weighted by Gasteiger charge is -2.11. The summed E-state index contributed by atoms with van der Waals surface area (Å²) >= 11 is 0. The molecular weight excluding hydrogens is 350 g/mol. The first-order chi connectivity index (χ1) is 13.1. The number of H-pyrrole nitrogens is 1. The third kappa shape index (κ3) is 4.12. The highest BCUT2D eigenvalue weighted by Crippen LogP contribution is 2.23. The molecular formula is C19H17N3O5. The molecule has 3 rings (SSSR count). The molecule has 0 saturated carbocycles. The summed E-state index contributed by atoms with van der Waals surface area (Å²) in [4.78, 5) is 36.1. The van der Waals surface area contributed by atoms with E-state index in [1.54, 1.807) is 48.5 Å². The molecule has 0 spiro atoms. The highest BCUT2D eigenvalue weighted by Gasteiger charge is 2.17. The zero-order chi connectivity index (χ0) is 19.2. The smallest absolute Gasteiger partial charge is 0.359 e. The molecule has 2 aromatic carbocycles. The minimum absolute atomic E-state index is 0.0623. The number of ether oxygens (including phenoxy) is 2. The van der Waals surface area contributed by atoms with E-state index in [9.17, 15) is 14.4 Å². The van der Waals surface area contributed by atoms with Crippen LogP contribution in [0.25, 0.3) is 10.8 Å². The van der Waals surface area contributed by atoms with Crippen molar-refractivity contribution < 1.29 is 19.1 Å². The van der Waals surface area contributed by atoms with Crippen molar-refractivity contribution in [2.24, 2.45) is 0 Å². The van der Waals surface area contributed by atoms with Crippen LogP contribution in [0, 0.1) is 0 Å². The molecule has 0 radical (unpaired) electrons. The fourth-order valence-corrected chi connectivity index (χ4v) is 2.51. The SMILES string of the molecule is CCOc1ccccc1NC(=O)COC(=O)c1n[nH]c(=O)c2ccccc12. The van der Waals surface area contributed by atoms with Gasteiger partial charge in [-0.2, -0.15) is 5.10 Å². The molecule has 0 saturated heterocycles. The summed E-state index contributed by atoms with van der Waals surface area (Å²) in [6, 6.07) is 13.5. The number of aromatic amines is 1. The van der Waals surface area contributed by atoms with E-state index in [0.29, 0.717) is 28.8 Å². The average Bonchev–Trinajstić information content (AvgIpc) is 2.68. The minimum Gasteiger partial charge on any atom is -0.492 e. The number of hydrogen-bond donors (Lipinski definition) is 2. The second-order valence-electron chi connectivity index (χ2n) is 5.50. The lowest BCUT2D eigenvalue weighted by Crippen LogP contribution is -2.23. The molecule has 27 heavy (non-hydrogen) atoms. The lowest BCUT2D eigenvalue weighted by molar-refractivity contribution is -0.119. The van der Waals surface area contributed by atoms with Gasteiger partial charge in [0.2, 0.25) is 0 Å². The Labute approximate surface area is 154 Å². The first-order valence-electron chi connectivity index (χ1n) is 8.26. The number of anilines is 1. The summed E-state index contributed by atoms with van der Waals surface area (Å²) < 4.78 is 10.5. The van der Waals surface area contributed by atoms with Crippen LogP contribution in [-0.2, 0) is 9.53 Å². The van der Waals surface area contributed by atoms with E-state index in [4.69, 9.17) is 9.47 Å². The van der Waals surface area contributed by atoms with Crippen LogP contribution >= 0.6 is 0 Å². The molecule has 2 N–H and O–H groups in total. The van der Waals surface area contributed by atoms with Crippen molar-refractivity contribution in [2.75, 3.05) is 18.5 Å². The van der Waals surface area contributed by atoms with Crippen molar-refractivity contribution >= 4 is 28.3 Å². The van der Waals surface area contributed by atoms with Crippen LogP contribution in [-0.4, -0.2) is 35.3 Å². The molecule has 0 aliphatic carbocycles. The maximum Gasteiger partial charge on any atom is 0.359 e. The number of benzene rings is 2. The zero-order valence-electron chi connectivity index (χ0n) is 14.5. The van der Waals surface area contributed by atoms with Gasteiger partial charge < -0.3 is 14.8 Å². The Bertz CT molecular complexity index is 1040. The van der Waals surface area contributed by atoms with E-state index in [1.165, 1.54) is 0 Å².